The van der Waals surface area contributed by atoms with Gasteiger partial charge < -0.3 is 29.6 Å². The van der Waals surface area contributed by atoms with Gasteiger partial charge in [0.05, 0.1) is 18.8 Å². The van der Waals surface area contributed by atoms with Crippen LogP contribution in [-0.2, 0) is 9.47 Å². The number of rotatable bonds is 6. The third-order valence-corrected chi connectivity index (χ3v) is 5.51. The molecule has 0 saturated carbocycles. The highest BCUT2D eigenvalue weighted by atomic mass is 32.1. The lowest BCUT2D eigenvalue weighted by molar-refractivity contribution is 0.0527. The molecule has 0 amide bonds. The second-order valence-corrected chi connectivity index (χ2v) is 7.57. The number of thiophene rings is 1. The Kier molecular flexibility index (Phi) is 7.11. The average Bonchev–Trinajstić information content (AvgIpc) is 3.04. The van der Waals surface area contributed by atoms with Gasteiger partial charge in [0, 0.05) is 11.8 Å². The standard InChI is InChI=1S/C20H22N2O6S2/c1-4-25-18(23)15-11(3)16(19(24)26-5-2)30-17(15)22-20(29)21-12-6-7-13-14(10-12)28-9-8-27-13/h6-7,10H,4-5,8-9H2,1-3H3,(H2,21,22,29). The quantitative estimate of drug-likeness (QED) is 0.500. The van der Waals surface area contributed by atoms with Crippen molar-refractivity contribution in [2.24, 2.45) is 0 Å². The van der Waals surface area contributed by atoms with Gasteiger partial charge in [0.15, 0.2) is 16.6 Å². The molecule has 0 spiro atoms. The molecule has 2 N–H and O–H groups in total. The Balaban J connectivity index is 1.82. The summed E-state index contributed by atoms with van der Waals surface area (Å²) in [5.74, 6) is 0.261. The van der Waals surface area contributed by atoms with Crippen LogP contribution >= 0.6 is 23.6 Å². The first-order valence-electron chi connectivity index (χ1n) is 9.39. The van der Waals surface area contributed by atoms with Crippen LogP contribution < -0.4 is 20.1 Å². The number of nitrogens with one attached hydrogen (secondary N) is 2. The maximum absolute atomic E-state index is 12.5. The van der Waals surface area contributed by atoms with Gasteiger partial charge >= 0.3 is 11.9 Å². The topological polar surface area (TPSA) is 95.1 Å². The summed E-state index contributed by atoms with van der Waals surface area (Å²) in [5.41, 5.74) is 1.44. The second-order valence-electron chi connectivity index (χ2n) is 6.14. The van der Waals surface area contributed by atoms with Crippen molar-refractivity contribution in [3.63, 3.8) is 0 Å². The van der Waals surface area contributed by atoms with Gasteiger partial charge in [-0.1, -0.05) is 0 Å². The summed E-state index contributed by atoms with van der Waals surface area (Å²) < 4.78 is 21.3. The highest BCUT2D eigenvalue weighted by molar-refractivity contribution is 7.80. The third kappa shape index (κ3) is 4.82. The summed E-state index contributed by atoms with van der Waals surface area (Å²) in [6.45, 7) is 6.55. The van der Waals surface area contributed by atoms with E-state index in [0.717, 1.165) is 11.3 Å². The van der Waals surface area contributed by atoms with Crippen molar-refractivity contribution in [1.29, 1.82) is 0 Å². The van der Waals surface area contributed by atoms with E-state index in [4.69, 9.17) is 31.2 Å². The van der Waals surface area contributed by atoms with E-state index in [1.165, 1.54) is 0 Å². The van der Waals surface area contributed by atoms with Crippen LogP contribution in [0.5, 0.6) is 11.5 Å². The van der Waals surface area contributed by atoms with Crippen molar-refractivity contribution in [2.45, 2.75) is 20.8 Å². The number of carbonyl (C=O) groups is 2. The number of carbonyl (C=O) groups excluding carboxylic acids is 2. The van der Waals surface area contributed by atoms with E-state index in [1.807, 2.05) is 0 Å². The van der Waals surface area contributed by atoms with Gasteiger partial charge in [0.25, 0.3) is 0 Å². The first kappa shape index (κ1) is 21.8. The van der Waals surface area contributed by atoms with Crippen LogP contribution in [0, 0.1) is 6.92 Å². The molecule has 10 heteroatoms. The number of ether oxygens (including phenoxy) is 4. The molecule has 2 heterocycles. The van der Waals surface area contributed by atoms with Crippen LogP contribution in [0.2, 0.25) is 0 Å². The fourth-order valence-electron chi connectivity index (χ4n) is 2.83. The van der Waals surface area contributed by atoms with Crippen molar-refractivity contribution in [2.75, 3.05) is 37.1 Å². The number of fused-ring (bicyclic) bond motifs is 1. The SMILES string of the molecule is CCOC(=O)c1sc(NC(=S)Nc2ccc3c(c2)OCCO3)c(C(=O)OCC)c1C. The minimum Gasteiger partial charge on any atom is -0.486 e. The Hall–Kier alpha value is -2.85. The Labute approximate surface area is 183 Å². The molecule has 8 nitrogen and oxygen atoms in total. The molecule has 3 rings (SSSR count). The summed E-state index contributed by atoms with van der Waals surface area (Å²) in [7, 11) is 0. The van der Waals surface area contributed by atoms with E-state index >= 15 is 0 Å². The predicted molar refractivity (Wildman–Crippen MR) is 118 cm³/mol. The van der Waals surface area contributed by atoms with Gasteiger partial charge in [-0.3, -0.25) is 0 Å². The predicted octanol–water partition coefficient (Wildman–Crippen LogP) is 3.99. The molecule has 1 aromatic carbocycles. The smallest absolute Gasteiger partial charge is 0.348 e. The van der Waals surface area contributed by atoms with Gasteiger partial charge in [0.1, 0.15) is 23.1 Å². The molecule has 2 aromatic rings. The summed E-state index contributed by atoms with van der Waals surface area (Å²) in [6.07, 6.45) is 0. The lowest BCUT2D eigenvalue weighted by Crippen LogP contribution is -2.21. The zero-order valence-electron chi connectivity index (χ0n) is 16.8. The van der Waals surface area contributed by atoms with Gasteiger partial charge in [0.2, 0.25) is 0 Å². The van der Waals surface area contributed by atoms with Crippen molar-refractivity contribution in [3.05, 3.63) is 34.2 Å². The number of esters is 2. The fourth-order valence-corrected chi connectivity index (χ4v) is 4.21. The molecule has 0 aliphatic carbocycles. The van der Waals surface area contributed by atoms with Crippen molar-refractivity contribution < 1.29 is 28.5 Å². The molecule has 0 radical (unpaired) electrons. The molecular weight excluding hydrogens is 428 g/mol. The molecule has 0 atom stereocenters. The summed E-state index contributed by atoms with van der Waals surface area (Å²) >= 11 is 6.49. The Bertz CT molecular complexity index is 972. The highest BCUT2D eigenvalue weighted by Gasteiger charge is 2.27. The molecule has 1 aliphatic heterocycles. The number of hydrogen-bond donors (Lipinski definition) is 2. The Morgan fingerprint density at radius 2 is 1.73 bits per heavy atom. The Morgan fingerprint density at radius 1 is 1.07 bits per heavy atom. The highest BCUT2D eigenvalue weighted by Crippen LogP contribution is 2.35. The lowest BCUT2D eigenvalue weighted by atomic mass is 10.1. The van der Waals surface area contributed by atoms with Crippen molar-refractivity contribution >= 4 is 51.3 Å². The van der Waals surface area contributed by atoms with E-state index in [-0.39, 0.29) is 23.9 Å². The minimum absolute atomic E-state index is 0.211. The number of benzene rings is 1. The van der Waals surface area contributed by atoms with Gasteiger partial charge in [-0.05, 0) is 50.7 Å². The van der Waals surface area contributed by atoms with E-state index in [2.05, 4.69) is 10.6 Å². The summed E-state index contributed by atoms with van der Waals surface area (Å²) in [5, 5.41) is 6.69. The molecule has 0 saturated heterocycles. The molecule has 0 bridgehead atoms. The monoisotopic (exact) mass is 450 g/mol. The van der Waals surface area contributed by atoms with Crippen LogP contribution in [0.3, 0.4) is 0 Å². The van der Waals surface area contributed by atoms with Crippen LogP contribution in [0.4, 0.5) is 10.7 Å². The zero-order valence-corrected chi connectivity index (χ0v) is 18.5. The van der Waals surface area contributed by atoms with Crippen LogP contribution in [0.1, 0.15) is 39.4 Å². The molecule has 0 fully saturated rings. The molecule has 30 heavy (non-hydrogen) atoms. The first-order chi connectivity index (χ1) is 14.4. The summed E-state index contributed by atoms with van der Waals surface area (Å²) in [4.78, 5) is 25.1. The molecule has 1 aliphatic rings. The average molecular weight is 451 g/mol. The van der Waals surface area contributed by atoms with E-state index in [9.17, 15) is 9.59 Å². The van der Waals surface area contributed by atoms with E-state index in [1.54, 1.807) is 39.0 Å². The zero-order chi connectivity index (χ0) is 21.7. The Morgan fingerprint density at radius 3 is 2.43 bits per heavy atom. The second kappa shape index (κ2) is 9.77. The molecular formula is C20H22N2O6S2. The van der Waals surface area contributed by atoms with Crippen LogP contribution in [0.25, 0.3) is 0 Å². The number of hydrogen-bond acceptors (Lipinski definition) is 8. The molecule has 0 unspecified atom stereocenters. The third-order valence-electron chi connectivity index (χ3n) is 4.11. The van der Waals surface area contributed by atoms with E-state index < -0.39 is 11.9 Å². The van der Waals surface area contributed by atoms with Gasteiger partial charge in [-0.15, -0.1) is 11.3 Å². The minimum atomic E-state index is -0.536. The van der Waals surface area contributed by atoms with Crippen LogP contribution in [-0.4, -0.2) is 43.5 Å². The normalized spacial score (nSPS) is 12.1. The number of thiocarbonyl (C=S) groups is 1. The van der Waals surface area contributed by atoms with Gasteiger partial charge in [-0.2, -0.15) is 0 Å². The lowest BCUT2D eigenvalue weighted by Gasteiger charge is -2.19. The van der Waals surface area contributed by atoms with E-state index in [0.29, 0.717) is 45.8 Å². The van der Waals surface area contributed by atoms with Gasteiger partial charge in [-0.25, -0.2) is 9.59 Å². The largest absolute Gasteiger partial charge is 0.486 e. The maximum Gasteiger partial charge on any atom is 0.348 e. The van der Waals surface area contributed by atoms with Crippen LogP contribution in [0.15, 0.2) is 18.2 Å². The summed E-state index contributed by atoms with van der Waals surface area (Å²) in [6, 6.07) is 5.37. The fraction of sp³-hybridized carbons (Fsp3) is 0.350. The maximum atomic E-state index is 12.5. The number of anilines is 2. The van der Waals surface area contributed by atoms with Crippen molar-refractivity contribution in [3.8, 4) is 11.5 Å². The molecule has 160 valence electrons. The first-order valence-corrected chi connectivity index (χ1v) is 10.6. The molecule has 1 aromatic heterocycles. The van der Waals surface area contributed by atoms with Crippen molar-refractivity contribution in [1.82, 2.24) is 0 Å².